The number of benzene rings is 1. The lowest BCUT2D eigenvalue weighted by Crippen LogP contribution is -1.99. The van der Waals surface area contributed by atoms with Crippen LogP contribution in [0.4, 0.5) is 4.39 Å². The summed E-state index contributed by atoms with van der Waals surface area (Å²) in [5.74, 6) is -0.717. The van der Waals surface area contributed by atoms with Crippen LogP contribution in [-0.2, 0) is 10.1 Å². The molecule has 0 aliphatic rings. The Morgan fingerprint density at radius 1 is 1.42 bits per heavy atom. The summed E-state index contributed by atoms with van der Waals surface area (Å²) in [5, 5.41) is 0. The SMILES string of the molecule is O=S(=O)(O)c1cc(F)ccc1Br. The minimum Gasteiger partial charge on any atom is -0.282 e. The van der Waals surface area contributed by atoms with Crippen molar-refractivity contribution in [1.29, 1.82) is 0 Å². The van der Waals surface area contributed by atoms with Gasteiger partial charge in [-0.2, -0.15) is 8.42 Å². The summed E-state index contributed by atoms with van der Waals surface area (Å²) in [7, 11) is -4.34. The van der Waals surface area contributed by atoms with Gasteiger partial charge in [0.15, 0.2) is 0 Å². The molecule has 1 N–H and O–H groups in total. The summed E-state index contributed by atoms with van der Waals surface area (Å²) in [6, 6.07) is 3.02. The lowest BCUT2D eigenvalue weighted by atomic mass is 10.3. The first-order chi connectivity index (χ1) is 5.41. The molecular weight excluding hydrogens is 251 g/mol. The molecule has 1 rings (SSSR count). The van der Waals surface area contributed by atoms with Crippen LogP contribution in [0.25, 0.3) is 0 Å². The molecule has 0 saturated heterocycles. The molecule has 1 aromatic carbocycles. The van der Waals surface area contributed by atoms with Crippen LogP contribution in [0.15, 0.2) is 27.6 Å². The summed E-state index contributed by atoms with van der Waals surface area (Å²) in [6.45, 7) is 0. The molecule has 66 valence electrons. The fraction of sp³-hybridized carbons (Fsp3) is 0. The van der Waals surface area contributed by atoms with Crippen LogP contribution in [0.1, 0.15) is 0 Å². The second-order valence-electron chi connectivity index (χ2n) is 2.05. The molecule has 0 aromatic heterocycles. The smallest absolute Gasteiger partial charge is 0.282 e. The third kappa shape index (κ3) is 2.02. The molecule has 0 amide bonds. The second-order valence-corrected chi connectivity index (χ2v) is 4.29. The van der Waals surface area contributed by atoms with E-state index < -0.39 is 20.8 Å². The molecule has 1 aromatic rings. The van der Waals surface area contributed by atoms with Crippen LogP contribution in [0.2, 0.25) is 0 Å². The first-order valence-electron chi connectivity index (χ1n) is 2.84. The van der Waals surface area contributed by atoms with E-state index in [1.165, 1.54) is 6.07 Å². The molecule has 0 heterocycles. The van der Waals surface area contributed by atoms with Crippen molar-refractivity contribution in [3.63, 3.8) is 0 Å². The molecule has 0 spiro atoms. The van der Waals surface area contributed by atoms with Gasteiger partial charge in [0.1, 0.15) is 10.7 Å². The van der Waals surface area contributed by atoms with E-state index in [4.69, 9.17) is 4.55 Å². The maximum Gasteiger partial charge on any atom is 0.295 e. The van der Waals surface area contributed by atoms with Crippen LogP contribution >= 0.6 is 15.9 Å². The summed E-state index contributed by atoms with van der Waals surface area (Å²) in [6.07, 6.45) is 0. The molecular formula is C6H4BrFO3S. The molecule has 0 saturated carbocycles. The largest absolute Gasteiger partial charge is 0.295 e. The first-order valence-corrected chi connectivity index (χ1v) is 5.07. The van der Waals surface area contributed by atoms with Crippen LogP contribution in [0, 0.1) is 5.82 Å². The van der Waals surface area contributed by atoms with Gasteiger partial charge in [-0.1, -0.05) is 0 Å². The van der Waals surface area contributed by atoms with E-state index in [0.717, 1.165) is 12.1 Å². The minimum atomic E-state index is -4.34. The summed E-state index contributed by atoms with van der Waals surface area (Å²) >= 11 is 2.86. The summed E-state index contributed by atoms with van der Waals surface area (Å²) < 4.78 is 42.3. The van der Waals surface area contributed by atoms with Crippen LogP contribution < -0.4 is 0 Å². The zero-order chi connectivity index (χ0) is 9.35. The van der Waals surface area contributed by atoms with E-state index in [1.54, 1.807) is 0 Å². The predicted molar refractivity (Wildman–Crippen MR) is 43.9 cm³/mol. The van der Waals surface area contributed by atoms with Gasteiger partial charge >= 0.3 is 0 Å². The molecule has 12 heavy (non-hydrogen) atoms. The quantitative estimate of drug-likeness (QED) is 0.779. The topological polar surface area (TPSA) is 54.4 Å². The fourth-order valence-corrected chi connectivity index (χ4v) is 2.11. The Morgan fingerprint density at radius 2 is 2.00 bits per heavy atom. The van der Waals surface area contributed by atoms with E-state index in [0.29, 0.717) is 0 Å². The van der Waals surface area contributed by atoms with Crippen molar-refractivity contribution >= 4 is 26.0 Å². The van der Waals surface area contributed by atoms with E-state index in [1.807, 2.05) is 0 Å². The van der Waals surface area contributed by atoms with Gasteiger partial charge in [0, 0.05) is 4.47 Å². The Morgan fingerprint density at radius 3 is 2.42 bits per heavy atom. The Bertz CT molecular complexity index is 401. The third-order valence-corrected chi connectivity index (χ3v) is 3.02. The Kier molecular flexibility index (Phi) is 2.50. The fourth-order valence-electron chi connectivity index (χ4n) is 0.675. The van der Waals surface area contributed by atoms with Gasteiger partial charge in [-0.05, 0) is 34.1 Å². The molecule has 0 aliphatic heterocycles. The van der Waals surface area contributed by atoms with Crippen LogP contribution in [0.3, 0.4) is 0 Å². The maximum absolute atomic E-state index is 12.5. The van der Waals surface area contributed by atoms with Crippen LogP contribution in [0.5, 0.6) is 0 Å². The highest BCUT2D eigenvalue weighted by atomic mass is 79.9. The van der Waals surface area contributed by atoms with Crippen LogP contribution in [-0.4, -0.2) is 13.0 Å². The maximum atomic E-state index is 12.5. The van der Waals surface area contributed by atoms with Crippen molar-refractivity contribution in [2.45, 2.75) is 4.90 Å². The molecule has 0 unspecified atom stereocenters. The van der Waals surface area contributed by atoms with E-state index >= 15 is 0 Å². The van der Waals surface area contributed by atoms with Crippen molar-refractivity contribution in [3.8, 4) is 0 Å². The lowest BCUT2D eigenvalue weighted by molar-refractivity contribution is 0.481. The van der Waals surface area contributed by atoms with Crippen molar-refractivity contribution in [2.24, 2.45) is 0 Å². The highest BCUT2D eigenvalue weighted by Gasteiger charge is 2.14. The second kappa shape index (κ2) is 3.12. The van der Waals surface area contributed by atoms with Gasteiger partial charge < -0.3 is 0 Å². The Labute approximate surface area is 77.1 Å². The van der Waals surface area contributed by atoms with Gasteiger partial charge in [-0.3, -0.25) is 4.55 Å². The van der Waals surface area contributed by atoms with Gasteiger partial charge in [-0.15, -0.1) is 0 Å². The standard InChI is InChI=1S/C6H4BrFO3S/c7-5-2-1-4(8)3-6(5)12(9,10)11/h1-3H,(H,9,10,11). The monoisotopic (exact) mass is 254 g/mol. The normalized spacial score (nSPS) is 11.6. The van der Waals surface area contributed by atoms with E-state index in [-0.39, 0.29) is 4.47 Å². The molecule has 0 fully saturated rings. The van der Waals surface area contributed by atoms with Gasteiger partial charge in [0.05, 0.1) is 0 Å². The summed E-state index contributed by atoms with van der Waals surface area (Å²) in [4.78, 5) is -0.470. The summed E-state index contributed by atoms with van der Waals surface area (Å²) in [5.41, 5.74) is 0. The average Bonchev–Trinajstić information content (AvgIpc) is 1.92. The van der Waals surface area contributed by atoms with Crippen molar-refractivity contribution in [3.05, 3.63) is 28.5 Å². The molecule has 0 bridgehead atoms. The number of hydrogen-bond donors (Lipinski definition) is 1. The van der Waals surface area contributed by atoms with E-state index in [2.05, 4.69) is 15.9 Å². The predicted octanol–water partition coefficient (Wildman–Crippen LogP) is 1.83. The lowest BCUT2D eigenvalue weighted by Gasteiger charge is -1.99. The van der Waals surface area contributed by atoms with Crippen molar-refractivity contribution in [2.75, 3.05) is 0 Å². The molecule has 0 radical (unpaired) electrons. The Hall–Kier alpha value is -0.460. The Balaban J connectivity index is 3.43. The highest BCUT2D eigenvalue weighted by Crippen LogP contribution is 2.21. The zero-order valence-electron chi connectivity index (χ0n) is 5.66. The first kappa shape index (κ1) is 9.63. The molecule has 0 atom stereocenters. The zero-order valence-corrected chi connectivity index (χ0v) is 8.06. The van der Waals surface area contributed by atoms with Crippen molar-refractivity contribution < 1.29 is 17.4 Å². The molecule has 6 heteroatoms. The number of halogens is 2. The number of hydrogen-bond acceptors (Lipinski definition) is 2. The van der Waals surface area contributed by atoms with Gasteiger partial charge in [0.25, 0.3) is 10.1 Å². The molecule has 0 aliphatic carbocycles. The minimum absolute atomic E-state index is 0.131. The van der Waals surface area contributed by atoms with Crippen molar-refractivity contribution in [1.82, 2.24) is 0 Å². The highest BCUT2D eigenvalue weighted by molar-refractivity contribution is 9.10. The third-order valence-electron chi connectivity index (χ3n) is 1.17. The van der Waals surface area contributed by atoms with Gasteiger partial charge in [0.2, 0.25) is 0 Å². The average molecular weight is 255 g/mol. The number of rotatable bonds is 1. The van der Waals surface area contributed by atoms with Gasteiger partial charge in [-0.25, -0.2) is 4.39 Å². The van der Waals surface area contributed by atoms with E-state index in [9.17, 15) is 12.8 Å². The molecule has 3 nitrogen and oxygen atoms in total.